The summed E-state index contributed by atoms with van der Waals surface area (Å²) in [6.45, 7) is 0.439. The average Bonchev–Trinajstić information content (AvgIpc) is 2.48. The fourth-order valence-corrected chi connectivity index (χ4v) is 1.98. The minimum Gasteiger partial charge on any atom is -0.352 e. The summed E-state index contributed by atoms with van der Waals surface area (Å²) in [6, 6.07) is 16.5. The first-order valence-corrected chi connectivity index (χ1v) is 6.56. The molecule has 4 heteroatoms. The Balaban J connectivity index is 1.89. The summed E-state index contributed by atoms with van der Waals surface area (Å²) in [4.78, 5) is 11.8. The Kier molecular flexibility index (Phi) is 4.75. The third-order valence-corrected chi connectivity index (χ3v) is 3.25. The van der Waals surface area contributed by atoms with Crippen LogP contribution in [0.25, 0.3) is 0 Å². The molecule has 0 fully saturated rings. The Morgan fingerprint density at radius 2 is 1.85 bits per heavy atom. The molecule has 0 atom stereocenters. The molecule has 0 aliphatic rings. The van der Waals surface area contributed by atoms with Crippen LogP contribution in [0.3, 0.4) is 0 Å². The molecule has 0 spiro atoms. The number of carbonyl (C=O) groups is 1. The molecule has 20 heavy (non-hydrogen) atoms. The number of nitrogens with zero attached hydrogens (tertiary/aromatic N) is 1. The van der Waals surface area contributed by atoms with Crippen molar-refractivity contribution in [3.63, 3.8) is 0 Å². The largest absolute Gasteiger partial charge is 0.352 e. The molecule has 0 aliphatic carbocycles. The second kappa shape index (κ2) is 6.74. The molecule has 1 N–H and O–H groups in total. The van der Waals surface area contributed by atoms with Gasteiger partial charge >= 0.3 is 0 Å². The lowest BCUT2D eigenvalue weighted by Crippen LogP contribution is -2.24. The molecule has 0 aromatic heterocycles. The highest BCUT2D eigenvalue weighted by Crippen LogP contribution is 2.15. The van der Waals surface area contributed by atoms with E-state index in [9.17, 15) is 4.79 Å². The molecule has 0 radical (unpaired) electrons. The van der Waals surface area contributed by atoms with Crippen LogP contribution in [0.4, 0.5) is 0 Å². The Morgan fingerprint density at radius 1 is 1.15 bits per heavy atom. The topological polar surface area (TPSA) is 52.9 Å². The Bertz CT molecular complexity index is 644. The van der Waals surface area contributed by atoms with Gasteiger partial charge in [-0.2, -0.15) is 5.26 Å². The van der Waals surface area contributed by atoms with E-state index in [4.69, 9.17) is 16.9 Å². The van der Waals surface area contributed by atoms with Crippen LogP contribution < -0.4 is 5.32 Å². The number of rotatable bonds is 4. The van der Waals surface area contributed by atoms with Gasteiger partial charge < -0.3 is 5.32 Å². The van der Waals surface area contributed by atoms with E-state index < -0.39 is 0 Å². The summed E-state index contributed by atoms with van der Waals surface area (Å²) >= 11 is 6.01. The number of hydrogen-bond donors (Lipinski definition) is 1. The van der Waals surface area contributed by atoms with Gasteiger partial charge in [0.15, 0.2) is 0 Å². The first-order chi connectivity index (χ1) is 9.69. The van der Waals surface area contributed by atoms with Crippen molar-refractivity contribution in [2.75, 3.05) is 0 Å². The fraction of sp³-hybridized carbons (Fsp3) is 0.125. The van der Waals surface area contributed by atoms with Crippen LogP contribution in [0.2, 0.25) is 5.02 Å². The van der Waals surface area contributed by atoms with Crippen molar-refractivity contribution in [2.24, 2.45) is 0 Å². The van der Waals surface area contributed by atoms with Gasteiger partial charge in [-0.05, 0) is 29.3 Å². The molecule has 2 aromatic carbocycles. The molecule has 2 rings (SSSR count). The highest BCUT2D eigenvalue weighted by Gasteiger charge is 2.06. The maximum Gasteiger partial charge on any atom is 0.224 e. The number of halogens is 1. The Labute approximate surface area is 122 Å². The number of nitriles is 1. The van der Waals surface area contributed by atoms with Crippen molar-refractivity contribution >= 4 is 17.5 Å². The number of carbonyl (C=O) groups excluding carboxylic acids is 1. The molecule has 2 aromatic rings. The second-order valence-electron chi connectivity index (χ2n) is 4.35. The van der Waals surface area contributed by atoms with Crippen molar-refractivity contribution in [1.29, 1.82) is 5.26 Å². The minimum atomic E-state index is -0.0811. The molecule has 0 saturated heterocycles. The fourth-order valence-electron chi connectivity index (χ4n) is 1.78. The smallest absolute Gasteiger partial charge is 0.224 e. The predicted octanol–water partition coefficient (Wildman–Crippen LogP) is 3.07. The molecule has 0 saturated carbocycles. The molecule has 0 bridgehead atoms. The minimum absolute atomic E-state index is 0.0811. The van der Waals surface area contributed by atoms with Crippen molar-refractivity contribution in [3.8, 4) is 6.07 Å². The zero-order valence-corrected chi connectivity index (χ0v) is 11.5. The maximum atomic E-state index is 11.8. The maximum absolute atomic E-state index is 11.8. The summed E-state index contributed by atoms with van der Waals surface area (Å²) in [5, 5.41) is 12.1. The molecule has 0 unspecified atom stereocenters. The van der Waals surface area contributed by atoms with Gasteiger partial charge in [0.1, 0.15) is 0 Å². The van der Waals surface area contributed by atoms with Crippen LogP contribution in [0, 0.1) is 11.3 Å². The molecule has 0 aliphatic heterocycles. The lowest BCUT2D eigenvalue weighted by Gasteiger charge is -2.06. The number of hydrogen-bond acceptors (Lipinski definition) is 2. The Hall–Kier alpha value is -2.31. The van der Waals surface area contributed by atoms with Crippen LogP contribution in [0.1, 0.15) is 16.7 Å². The molecule has 1 amide bonds. The summed E-state index contributed by atoms with van der Waals surface area (Å²) in [7, 11) is 0. The van der Waals surface area contributed by atoms with Crippen LogP contribution in [0.15, 0.2) is 48.5 Å². The van der Waals surface area contributed by atoms with Gasteiger partial charge in [0.25, 0.3) is 0 Å². The van der Waals surface area contributed by atoms with E-state index in [2.05, 4.69) is 11.4 Å². The first-order valence-electron chi connectivity index (χ1n) is 6.18. The number of amides is 1. The molecular weight excluding hydrogens is 272 g/mol. The van der Waals surface area contributed by atoms with E-state index in [0.29, 0.717) is 17.1 Å². The quantitative estimate of drug-likeness (QED) is 0.938. The summed E-state index contributed by atoms with van der Waals surface area (Å²) in [6.07, 6.45) is 0.260. The normalized spacial score (nSPS) is 9.80. The standard InChI is InChI=1S/C16H13ClN2O/c17-15-4-2-1-3-14(15)9-16(20)19-11-13-7-5-12(10-18)6-8-13/h1-8H,9,11H2,(H,19,20). The SMILES string of the molecule is N#Cc1ccc(CNC(=O)Cc2ccccc2Cl)cc1. The molecule has 0 heterocycles. The van der Waals surface area contributed by atoms with E-state index in [1.807, 2.05) is 30.3 Å². The lowest BCUT2D eigenvalue weighted by molar-refractivity contribution is -0.120. The molecule has 3 nitrogen and oxygen atoms in total. The zero-order valence-electron chi connectivity index (χ0n) is 10.8. The van der Waals surface area contributed by atoms with Crippen molar-refractivity contribution in [3.05, 3.63) is 70.2 Å². The zero-order chi connectivity index (χ0) is 14.4. The van der Waals surface area contributed by atoms with Gasteiger partial charge in [0.2, 0.25) is 5.91 Å². The Morgan fingerprint density at radius 3 is 2.50 bits per heavy atom. The van der Waals surface area contributed by atoms with Gasteiger partial charge in [-0.3, -0.25) is 4.79 Å². The number of nitrogens with one attached hydrogen (secondary N) is 1. The highest BCUT2D eigenvalue weighted by atomic mass is 35.5. The van der Waals surface area contributed by atoms with E-state index in [-0.39, 0.29) is 12.3 Å². The van der Waals surface area contributed by atoms with Gasteiger partial charge in [0.05, 0.1) is 18.1 Å². The van der Waals surface area contributed by atoms with Gasteiger partial charge in [-0.25, -0.2) is 0 Å². The number of benzene rings is 2. The summed E-state index contributed by atoms with van der Waals surface area (Å²) in [5.41, 5.74) is 2.37. The van der Waals surface area contributed by atoms with E-state index in [0.717, 1.165) is 11.1 Å². The molecular formula is C16H13ClN2O. The second-order valence-corrected chi connectivity index (χ2v) is 4.76. The van der Waals surface area contributed by atoms with E-state index in [1.54, 1.807) is 18.2 Å². The van der Waals surface area contributed by atoms with Gasteiger partial charge in [-0.1, -0.05) is 41.9 Å². The van der Waals surface area contributed by atoms with Crippen LogP contribution in [-0.4, -0.2) is 5.91 Å². The van der Waals surface area contributed by atoms with Crippen molar-refractivity contribution in [2.45, 2.75) is 13.0 Å². The predicted molar refractivity (Wildman–Crippen MR) is 78.2 cm³/mol. The van der Waals surface area contributed by atoms with Gasteiger partial charge in [0, 0.05) is 11.6 Å². The van der Waals surface area contributed by atoms with E-state index in [1.165, 1.54) is 0 Å². The van der Waals surface area contributed by atoms with E-state index >= 15 is 0 Å². The average molecular weight is 285 g/mol. The van der Waals surface area contributed by atoms with Crippen LogP contribution in [-0.2, 0) is 17.8 Å². The monoisotopic (exact) mass is 284 g/mol. The first kappa shape index (κ1) is 14.1. The van der Waals surface area contributed by atoms with Crippen LogP contribution >= 0.6 is 11.6 Å². The summed E-state index contributed by atoms with van der Waals surface area (Å²) in [5.74, 6) is -0.0811. The highest BCUT2D eigenvalue weighted by molar-refractivity contribution is 6.31. The third-order valence-electron chi connectivity index (χ3n) is 2.88. The van der Waals surface area contributed by atoms with Crippen molar-refractivity contribution < 1.29 is 4.79 Å². The molecule has 100 valence electrons. The van der Waals surface area contributed by atoms with Gasteiger partial charge in [-0.15, -0.1) is 0 Å². The lowest BCUT2D eigenvalue weighted by atomic mass is 10.1. The summed E-state index contributed by atoms with van der Waals surface area (Å²) < 4.78 is 0. The third kappa shape index (κ3) is 3.84. The van der Waals surface area contributed by atoms with Crippen LogP contribution in [0.5, 0.6) is 0 Å². The van der Waals surface area contributed by atoms with Crippen molar-refractivity contribution in [1.82, 2.24) is 5.32 Å².